The Bertz CT molecular complexity index is 606. The molecule has 7 nitrogen and oxygen atoms in total. The second-order valence-corrected chi connectivity index (χ2v) is 5.51. The monoisotopic (exact) mass is 302 g/mol. The van der Waals surface area contributed by atoms with Crippen LogP contribution >= 0.6 is 0 Å². The lowest BCUT2D eigenvalue weighted by Crippen LogP contribution is -2.35. The smallest absolute Gasteiger partial charge is 0.227 e. The highest BCUT2D eigenvalue weighted by atomic mass is 16.5. The highest BCUT2D eigenvalue weighted by Gasteiger charge is 2.25. The van der Waals surface area contributed by atoms with Crippen molar-refractivity contribution in [1.29, 1.82) is 0 Å². The molecule has 118 valence electrons. The van der Waals surface area contributed by atoms with Crippen LogP contribution in [0.1, 0.15) is 24.6 Å². The van der Waals surface area contributed by atoms with Gasteiger partial charge in [-0.25, -0.2) is 9.97 Å². The van der Waals surface area contributed by atoms with Crippen molar-refractivity contribution in [2.45, 2.75) is 25.3 Å². The van der Waals surface area contributed by atoms with E-state index in [9.17, 15) is 0 Å². The highest BCUT2D eigenvalue weighted by Crippen LogP contribution is 2.28. The Morgan fingerprint density at radius 1 is 1.27 bits per heavy atom. The molecule has 0 saturated carbocycles. The quantitative estimate of drug-likeness (QED) is 0.896. The third kappa shape index (κ3) is 3.19. The predicted octanol–water partition coefficient (Wildman–Crippen LogP) is 1.29. The van der Waals surface area contributed by atoms with Crippen LogP contribution in [0.4, 0.5) is 11.8 Å². The number of nitrogens with zero attached hydrogens (tertiary/aromatic N) is 5. The minimum atomic E-state index is 0.476. The van der Waals surface area contributed by atoms with Crippen molar-refractivity contribution in [3.05, 3.63) is 30.5 Å². The van der Waals surface area contributed by atoms with Gasteiger partial charge in [0.05, 0.1) is 6.61 Å². The first-order chi connectivity index (χ1) is 10.8. The standard InChI is InChI=1S/C15H22N6O/c1-22-11-10-20-9-6-17-14(20)12-3-7-21(8-4-12)15-18-5-2-13(16)19-15/h2,5-6,9,12H,3-4,7-8,10-11H2,1H3,(H2,16,18,19). The molecule has 7 heteroatoms. The molecular formula is C15H22N6O. The Morgan fingerprint density at radius 2 is 2.09 bits per heavy atom. The van der Waals surface area contributed by atoms with Crippen LogP contribution in [0.5, 0.6) is 0 Å². The number of rotatable bonds is 5. The summed E-state index contributed by atoms with van der Waals surface area (Å²) in [6.07, 6.45) is 7.70. The Labute approximate surface area is 130 Å². The number of aromatic nitrogens is 4. The van der Waals surface area contributed by atoms with Gasteiger partial charge in [-0.3, -0.25) is 0 Å². The molecule has 0 aromatic carbocycles. The van der Waals surface area contributed by atoms with Gasteiger partial charge in [0.2, 0.25) is 5.95 Å². The van der Waals surface area contributed by atoms with Crippen LogP contribution in [0.2, 0.25) is 0 Å². The first kappa shape index (κ1) is 14.8. The van der Waals surface area contributed by atoms with Crippen LogP contribution in [0.3, 0.4) is 0 Å². The van der Waals surface area contributed by atoms with E-state index in [1.807, 2.05) is 12.4 Å². The third-order valence-electron chi connectivity index (χ3n) is 4.09. The maximum Gasteiger partial charge on any atom is 0.227 e. The van der Waals surface area contributed by atoms with Gasteiger partial charge < -0.3 is 19.9 Å². The molecule has 2 aromatic rings. The number of ether oxygens (including phenoxy) is 1. The van der Waals surface area contributed by atoms with Gasteiger partial charge in [-0.2, -0.15) is 4.98 Å². The van der Waals surface area contributed by atoms with Gasteiger partial charge in [0.25, 0.3) is 0 Å². The Morgan fingerprint density at radius 3 is 2.82 bits per heavy atom. The fourth-order valence-corrected chi connectivity index (χ4v) is 2.91. The Kier molecular flexibility index (Phi) is 4.53. The van der Waals surface area contributed by atoms with Crippen LogP contribution < -0.4 is 10.6 Å². The molecule has 1 aliphatic heterocycles. The third-order valence-corrected chi connectivity index (χ3v) is 4.09. The molecule has 0 amide bonds. The van der Waals surface area contributed by atoms with E-state index in [0.29, 0.717) is 18.3 Å². The molecule has 22 heavy (non-hydrogen) atoms. The van der Waals surface area contributed by atoms with Crippen molar-refractivity contribution in [2.75, 3.05) is 37.4 Å². The van der Waals surface area contributed by atoms with Gasteiger partial charge in [-0.1, -0.05) is 0 Å². The normalized spacial score (nSPS) is 16.1. The average Bonchev–Trinajstić information content (AvgIpc) is 3.01. The zero-order valence-electron chi connectivity index (χ0n) is 12.9. The first-order valence-electron chi connectivity index (χ1n) is 7.61. The lowest BCUT2D eigenvalue weighted by Gasteiger charge is -2.31. The van der Waals surface area contributed by atoms with Crippen molar-refractivity contribution >= 4 is 11.8 Å². The molecule has 3 heterocycles. The summed E-state index contributed by atoms with van der Waals surface area (Å²) in [5, 5.41) is 0. The largest absolute Gasteiger partial charge is 0.384 e. The number of hydrogen-bond acceptors (Lipinski definition) is 6. The molecule has 0 aliphatic carbocycles. The van der Waals surface area contributed by atoms with E-state index in [2.05, 4.69) is 24.4 Å². The van der Waals surface area contributed by atoms with E-state index in [-0.39, 0.29) is 0 Å². The predicted molar refractivity (Wildman–Crippen MR) is 84.7 cm³/mol. The van der Waals surface area contributed by atoms with Gasteiger partial charge in [0.15, 0.2) is 0 Å². The SMILES string of the molecule is COCCn1ccnc1C1CCN(c2nccc(N)n2)CC1. The van der Waals surface area contributed by atoms with Gasteiger partial charge >= 0.3 is 0 Å². The van der Waals surface area contributed by atoms with E-state index in [0.717, 1.165) is 44.2 Å². The van der Waals surface area contributed by atoms with Gasteiger partial charge in [0, 0.05) is 51.3 Å². The number of piperidine rings is 1. The summed E-state index contributed by atoms with van der Waals surface area (Å²) in [5.74, 6) is 2.87. The summed E-state index contributed by atoms with van der Waals surface area (Å²) >= 11 is 0. The molecule has 3 rings (SSSR count). The number of nitrogens with two attached hydrogens (primary N) is 1. The maximum absolute atomic E-state index is 5.73. The summed E-state index contributed by atoms with van der Waals surface area (Å²) in [4.78, 5) is 15.3. The van der Waals surface area contributed by atoms with E-state index >= 15 is 0 Å². The molecular weight excluding hydrogens is 280 g/mol. The number of nitrogen functional groups attached to an aromatic ring is 1. The fraction of sp³-hybridized carbons (Fsp3) is 0.533. The zero-order chi connectivity index (χ0) is 15.4. The lowest BCUT2D eigenvalue weighted by atomic mass is 9.96. The highest BCUT2D eigenvalue weighted by molar-refractivity contribution is 5.38. The maximum atomic E-state index is 5.73. The van der Waals surface area contributed by atoms with Crippen LogP contribution in [0.15, 0.2) is 24.7 Å². The summed E-state index contributed by atoms with van der Waals surface area (Å²) < 4.78 is 7.35. The lowest BCUT2D eigenvalue weighted by molar-refractivity contribution is 0.185. The molecule has 0 atom stereocenters. The van der Waals surface area contributed by atoms with Gasteiger partial charge in [0.1, 0.15) is 11.6 Å². The zero-order valence-corrected chi connectivity index (χ0v) is 12.9. The summed E-state index contributed by atoms with van der Waals surface area (Å²) in [6.45, 7) is 3.40. The van der Waals surface area contributed by atoms with Crippen LogP contribution in [-0.2, 0) is 11.3 Å². The number of anilines is 2. The summed E-state index contributed by atoms with van der Waals surface area (Å²) in [5.41, 5.74) is 5.73. The Hall–Kier alpha value is -2.15. The molecule has 2 aromatic heterocycles. The second kappa shape index (κ2) is 6.74. The van der Waals surface area contributed by atoms with Crippen molar-refractivity contribution in [1.82, 2.24) is 19.5 Å². The van der Waals surface area contributed by atoms with Crippen LogP contribution in [0.25, 0.3) is 0 Å². The minimum Gasteiger partial charge on any atom is -0.384 e. The number of imidazole rings is 1. The van der Waals surface area contributed by atoms with Gasteiger partial charge in [-0.15, -0.1) is 0 Å². The minimum absolute atomic E-state index is 0.476. The molecule has 0 unspecified atom stereocenters. The topological polar surface area (TPSA) is 82.1 Å². The average molecular weight is 302 g/mol. The van der Waals surface area contributed by atoms with Crippen molar-refractivity contribution in [3.63, 3.8) is 0 Å². The second-order valence-electron chi connectivity index (χ2n) is 5.51. The van der Waals surface area contributed by atoms with E-state index < -0.39 is 0 Å². The van der Waals surface area contributed by atoms with Gasteiger partial charge in [-0.05, 0) is 18.9 Å². The molecule has 1 fully saturated rings. The molecule has 0 radical (unpaired) electrons. The number of hydrogen-bond donors (Lipinski definition) is 1. The summed E-state index contributed by atoms with van der Waals surface area (Å²) in [6, 6.07) is 1.71. The molecule has 1 aliphatic rings. The van der Waals surface area contributed by atoms with Crippen molar-refractivity contribution in [3.8, 4) is 0 Å². The van der Waals surface area contributed by atoms with Crippen molar-refractivity contribution < 1.29 is 4.74 Å². The van der Waals surface area contributed by atoms with Crippen LogP contribution in [0, 0.1) is 0 Å². The van der Waals surface area contributed by atoms with Crippen molar-refractivity contribution in [2.24, 2.45) is 0 Å². The van der Waals surface area contributed by atoms with E-state index in [1.165, 1.54) is 0 Å². The van der Waals surface area contributed by atoms with E-state index in [4.69, 9.17) is 10.5 Å². The van der Waals surface area contributed by atoms with Crippen LogP contribution in [-0.4, -0.2) is 46.3 Å². The molecule has 0 bridgehead atoms. The molecule has 1 saturated heterocycles. The fourth-order valence-electron chi connectivity index (χ4n) is 2.91. The number of methoxy groups -OCH3 is 1. The molecule has 2 N–H and O–H groups in total. The Balaban J connectivity index is 1.63. The van der Waals surface area contributed by atoms with E-state index in [1.54, 1.807) is 19.4 Å². The molecule has 0 spiro atoms. The first-order valence-corrected chi connectivity index (χ1v) is 7.61. The summed E-state index contributed by atoms with van der Waals surface area (Å²) in [7, 11) is 1.72.